The summed E-state index contributed by atoms with van der Waals surface area (Å²) in [6, 6.07) is 21.6. The molecule has 0 aliphatic rings. The summed E-state index contributed by atoms with van der Waals surface area (Å²) in [4.78, 5) is 36.9. The van der Waals surface area contributed by atoms with Gasteiger partial charge in [-0.15, -0.1) is 11.8 Å². The van der Waals surface area contributed by atoms with Crippen molar-refractivity contribution in [3.05, 3.63) is 83.9 Å². The van der Waals surface area contributed by atoms with Gasteiger partial charge in [0, 0.05) is 28.9 Å². The molecular weight excluding hydrogens is 410 g/mol. The Hall–Kier alpha value is -3.58. The molecule has 0 atom stereocenters. The van der Waals surface area contributed by atoms with Crippen molar-refractivity contribution in [1.29, 1.82) is 0 Å². The first kappa shape index (κ1) is 22.1. The van der Waals surface area contributed by atoms with Gasteiger partial charge in [-0.25, -0.2) is 0 Å². The molecule has 0 aliphatic carbocycles. The summed E-state index contributed by atoms with van der Waals surface area (Å²) in [5.74, 6) is -0.384. The van der Waals surface area contributed by atoms with E-state index in [-0.39, 0.29) is 23.5 Å². The highest BCUT2D eigenvalue weighted by molar-refractivity contribution is 8.00. The van der Waals surface area contributed by atoms with E-state index in [1.54, 1.807) is 36.4 Å². The number of thioether (sulfide) groups is 1. The van der Waals surface area contributed by atoms with E-state index in [1.165, 1.54) is 18.7 Å². The molecule has 3 aromatic carbocycles. The third kappa shape index (κ3) is 6.72. The van der Waals surface area contributed by atoms with E-state index in [1.807, 2.05) is 43.3 Å². The van der Waals surface area contributed by atoms with E-state index in [0.29, 0.717) is 21.8 Å². The van der Waals surface area contributed by atoms with Crippen LogP contribution in [0.4, 0.5) is 17.1 Å². The zero-order valence-corrected chi connectivity index (χ0v) is 18.1. The van der Waals surface area contributed by atoms with Gasteiger partial charge in [-0.2, -0.15) is 0 Å². The Morgan fingerprint density at radius 2 is 1.29 bits per heavy atom. The average molecular weight is 434 g/mol. The Kier molecular flexibility index (Phi) is 7.45. The second-order valence-corrected chi connectivity index (χ2v) is 7.93. The van der Waals surface area contributed by atoms with E-state index in [4.69, 9.17) is 0 Å². The highest BCUT2D eigenvalue weighted by Crippen LogP contribution is 2.24. The van der Waals surface area contributed by atoms with Crippen LogP contribution in [0.5, 0.6) is 0 Å². The Morgan fingerprint density at radius 1 is 0.742 bits per heavy atom. The molecule has 0 saturated carbocycles. The van der Waals surface area contributed by atoms with Crippen LogP contribution in [-0.4, -0.2) is 23.5 Å². The normalized spacial score (nSPS) is 10.3. The number of benzene rings is 3. The lowest BCUT2D eigenvalue weighted by atomic mass is 10.2. The Morgan fingerprint density at radius 3 is 1.94 bits per heavy atom. The lowest BCUT2D eigenvalue weighted by Crippen LogP contribution is -2.16. The maximum absolute atomic E-state index is 12.8. The minimum atomic E-state index is -0.269. The monoisotopic (exact) mass is 433 g/mol. The molecule has 3 aromatic rings. The van der Waals surface area contributed by atoms with Gasteiger partial charge in [-0.1, -0.05) is 29.8 Å². The fourth-order valence-corrected chi connectivity index (χ4v) is 3.65. The fraction of sp³-hybridized carbons (Fsp3) is 0.125. The first-order valence-corrected chi connectivity index (χ1v) is 10.7. The number of nitrogens with one attached hydrogen (secondary N) is 3. The second-order valence-electron chi connectivity index (χ2n) is 6.91. The van der Waals surface area contributed by atoms with Gasteiger partial charge in [-0.05, 0) is 55.5 Å². The fourth-order valence-electron chi connectivity index (χ4n) is 2.80. The molecule has 0 spiro atoms. The molecule has 31 heavy (non-hydrogen) atoms. The largest absolute Gasteiger partial charge is 0.326 e. The minimum Gasteiger partial charge on any atom is -0.326 e. The number of hydrogen-bond donors (Lipinski definition) is 3. The van der Waals surface area contributed by atoms with Crippen molar-refractivity contribution < 1.29 is 14.4 Å². The number of anilines is 3. The minimum absolute atomic E-state index is 0.141. The molecule has 6 nitrogen and oxygen atoms in total. The number of carbonyl (C=O) groups excluding carboxylic acids is 3. The van der Waals surface area contributed by atoms with Crippen LogP contribution in [-0.2, 0) is 9.59 Å². The Labute approximate surface area is 185 Å². The highest BCUT2D eigenvalue weighted by Gasteiger charge is 2.13. The van der Waals surface area contributed by atoms with Gasteiger partial charge < -0.3 is 16.0 Å². The molecule has 0 aromatic heterocycles. The molecule has 0 aliphatic heterocycles. The molecule has 0 fully saturated rings. The van der Waals surface area contributed by atoms with Crippen molar-refractivity contribution in [1.82, 2.24) is 0 Å². The van der Waals surface area contributed by atoms with E-state index in [2.05, 4.69) is 16.0 Å². The molecule has 3 rings (SSSR count). The smallest absolute Gasteiger partial charge is 0.256 e. The zero-order valence-electron chi connectivity index (χ0n) is 17.3. The molecule has 0 heterocycles. The lowest BCUT2D eigenvalue weighted by Gasteiger charge is -2.11. The summed E-state index contributed by atoms with van der Waals surface area (Å²) >= 11 is 1.31. The molecular formula is C24H23N3O3S. The number of amides is 3. The van der Waals surface area contributed by atoms with Crippen LogP contribution in [0.1, 0.15) is 22.8 Å². The molecule has 0 bridgehead atoms. The van der Waals surface area contributed by atoms with Crippen LogP contribution in [0.2, 0.25) is 0 Å². The van der Waals surface area contributed by atoms with Crippen LogP contribution >= 0.6 is 11.8 Å². The number of aryl methyl sites for hydroxylation is 1. The summed E-state index contributed by atoms with van der Waals surface area (Å²) < 4.78 is 0. The van der Waals surface area contributed by atoms with E-state index >= 15 is 0 Å². The lowest BCUT2D eigenvalue weighted by molar-refractivity contribution is -0.114. The number of carbonyl (C=O) groups is 3. The standard InChI is InChI=1S/C24H23N3O3S/c1-16-7-9-19(10-8-16)26-23(29)15-31-22-6-4-3-5-21(22)24(30)27-20-13-11-18(12-14-20)25-17(2)28/h3-14H,15H2,1-2H3,(H,25,28)(H,26,29)(H,27,30). The van der Waals surface area contributed by atoms with Gasteiger partial charge >= 0.3 is 0 Å². The van der Waals surface area contributed by atoms with E-state index in [9.17, 15) is 14.4 Å². The highest BCUT2D eigenvalue weighted by atomic mass is 32.2. The second kappa shape index (κ2) is 10.4. The van der Waals surface area contributed by atoms with E-state index in [0.717, 1.165) is 11.3 Å². The van der Waals surface area contributed by atoms with Crippen LogP contribution in [0.15, 0.2) is 77.7 Å². The SMILES string of the molecule is CC(=O)Nc1ccc(NC(=O)c2ccccc2SCC(=O)Nc2ccc(C)cc2)cc1. The van der Waals surface area contributed by atoms with Crippen molar-refractivity contribution in [2.75, 3.05) is 21.7 Å². The maximum atomic E-state index is 12.8. The summed E-state index contributed by atoms with van der Waals surface area (Å²) in [6.07, 6.45) is 0. The molecule has 3 N–H and O–H groups in total. The van der Waals surface area contributed by atoms with Crippen molar-refractivity contribution in [3.63, 3.8) is 0 Å². The van der Waals surface area contributed by atoms with Gasteiger partial charge in [0.1, 0.15) is 0 Å². The van der Waals surface area contributed by atoms with Gasteiger partial charge in [0.05, 0.1) is 11.3 Å². The van der Waals surface area contributed by atoms with Crippen LogP contribution < -0.4 is 16.0 Å². The van der Waals surface area contributed by atoms with Crippen LogP contribution in [0.25, 0.3) is 0 Å². The molecule has 158 valence electrons. The van der Waals surface area contributed by atoms with Crippen LogP contribution in [0.3, 0.4) is 0 Å². The van der Waals surface area contributed by atoms with Gasteiger partial charge in [0.15, 0.2) is 0 Å². The average Bonchev–Trinajstić information content (AvgIpc) is 2.75. The molecule has 0 unspecified atom stereocenters. The maximum Gasteiger partial charge on any atom is 0.256 e. The number of rotatable bonds is 7. The molecule has 0 saturated heterocycles. The Balaban J connectivity index is 1.61. The molecule has 0 radical (unpaired) electrons. The van der Waals surface area contributed by atoms with Gasteiger partial charge in [0.25, 0.3) is 5.91 Å². The van der Waals surface area contributed by atoms with Crippen molar-refractivity contribution >= 4 is 46.5 Å². The van der Waals surface area contributed by atoms with Gasteiger partial charge in [0.2, 0.25) is 11.8 Å². The Bertz CT molecular complexity index is 1080. The first-order chi connectivity index (χ1) is 14.9. The quantitative estimate of drug-likeness (QED) is 0.461. The third-order valence-electron chi connectivity index (χ3n) is 4.29. The topological polar surface area (TPSA) is 87.3 Å². The predicted octanol–water partition coefficient (Wildman–Crippen LogP) is 4.94. The predicted molar refractivity (Wildman–Crippen MR) is 126 cm³/mol. The van der Waals surface area contributed by atoms with Gasteiger partial charge in [-0.3, -0.25) is 14.4 Å². The summed E-state index contributed by atoms with van der Waals surface area (Å²) in [5.41, 5.74) is 3.61. The summed E-state index contributed by atoms with van der Waals surface area (Å²) in [5, 5.41) is 8.38. The number of hydrogen-bond acceptors (Lipinski definition) is 4. The van der Waals surface area contributed by atoms with Crippen molar-refractivity contribution in [2.24, 2.45) is 0 Å². The van der Waals surface area contributed by atoms with Crippen molar-refractivity contribution in [2.45, 2.75) is 18.7 Å². The molecule has 7 heteroatoms. The zero-order chi connectivity index (χ0) is 22.2. The summed E-state index contributed by atoms with van der Waals surface area (Å²) in [7, 11) is 0. The van der Waals surface area contributed by atoms with Crippen molar-refractivity contribution in [3.8, 4) is 0 Å². The molecule has 3 amide bonds. The summed E-state index contributed by atoms with van der Waals surface area (Å²) in [6.45, 7) is 3.42. The third-order valence-corrected chi connectivity index (χ3v) is 5.36. The van der Waals surface area contributed by atoms with Crippen LogP contribution in [0, 0.1) is 6.92 Å². The first-order valence-electron chi connectivity index (χ1n) is 9.68. The van der Waals surface area contributed by atoms with E-state index < -0.39 is 0 Å².